The van der Waals surface area contributed by atoms with Crippen molar-refractivity contribution < 1.29 is 0 Å². The number of nitrogens with zero attached hydrogens (tertiary/aromatic N) is 2. The molecule has 0 amide bonds. The Kier molecular flexibility index (Phi) is 2.68. The fourth-order valence-electron chi connectivity index (χ4n) is 1.39. The molecule has 2 aromatic rings. The monoisotopic (exact) mass is 250 g/mol. The predicted octanol–water partition coefficient (Wildman–Crippen LogP) is 3.00. The minimum atomic E-state index is 0.832. The molecule has 0 saturated heterocycles. The van der Waals surface area contributed by atoms with E-state index in [0.29, 0.717) is 0 Å². The molecule has 0 bridgehead atoms. The van der Waals surface area contributed by atoms with Gasteiger partial charge in [0, 0.05) is 5.69 Å². The van der Waals surface area contributed by atoms with Gasteiger partial charge in [0.1, 0.15) is 4.60 Å². The zero-order valence-corrected chi connectivity index (χ0v) is 9.53. The van der Waals surface area contributed by atoms with Crippen LogP contribution in [0.25, 0.3) is 0 Å². The highest BCUT2D eigenvalue weighted by molar-refractivity contribution is 9.10. The van der Waals surface area contributed by atoms with Gasteiger partial charge in [-0.05, 0) is 34.5 Å². The lowest BCUT2D eigenvalue weighted by Gasteiger charge is -2.03. The maximum Gasteiger partial charge on any atom is 0.128 e. The van der Waals surface area contributed by atoms with E-state index in [1.165, 1.54) is 11.3 Å². The van der Waals surface area contributed by atoms with Crippen LogP contribution in [-0.4, -0.2) is 9.78 Å². The third-order valence-electron chi connectivity index (χ3n) is 2.13. The second-order valence-corrected chi connectivity index (χ2v) is 4.06. The van der Waals surface area contributed by atoms with Crippen molar-refractivity contribution in [2.45, 2.75) is 13.5 Å². The Hall–Kier alpha value is -1.09. The summed E-state index contributed by atoms with van der Waals surface area (Å²) in [5.74, 6) is 0. The lowest BCUT2D eigenvalue weighted by atomic mass is 10.2. The summed E-state index contributed by atoms with van der Waals surface area (Å²) >= 11 is 3.36. The first kappa shape index (κ1) is 9.46. The summed E-state index contributed by atoms with van der Waals surface area (Å²) in [7, 11) is 0. The Balaban J connectivity index is 2.23. The fraction of sp³-hybridized carbons (Fsp3) is 0.182. The Morgan fingerprint density at radius 1 is 1.29 bits per heavy atom. The summed E-state index contributed by atoms with van der Waals surface area (Å²) in [5, 5.41) is 4.34. The van der Waals surface area contributed by atoms with Crippen molar-refractivity contribution in [2.24, 2.45) is 0 Å². The molecule has 72 valence electrons. The van der Waals surface area contributed by atoms with Crippen LogP contribution in [0.2, 0.25) is 0 Å². The molecule has 0 fully saturated rings. The zero-order chi connectivity index (χ0) is 9.97. The topological polar surface area (TPSA) is 17.8 Å². The summed E-state index contributed by atoms with van der Waals surface area (Å²) in [6.45, 7) is 2.89. The van der Waals surface area contributed by atoms with Crippen molar-refractivity contribution in [3.63, 3.8) is 0 Å². The van der Waals surface area contributed by atoms with E-state index in [-0.39, 0.29) is 0 Å². The number of aryl methyl sites for hydroxylation is 1. The van der Waals surface area contributed by atoms with Crippen molar-refractivity contribution in [1.82, 2.24) is 9.78 Å². The van der Waals surface area contributed by atoms with Crippen LogP contribution in [0.4, 0.5) is 0 Å². The van der Waals surface area contributed by atoms with Gasteiger partial charge in [0.15, 0.2) is 0 Å². The second-order valence-electron chi connectivity index (χ2n) is 3.25. The lowest BCUT2D eigenvalue weighted by molar-refractivity contribution is 0.661. The van der Waals surface area contributed by atoms with Gasteiger partial charge in [0.25, 0.3) is 0 Å². The summed E-state index contributed by atoms with van der Waals surface area (Å²) in [6.07, 6.45) is 0. The maximum absolute atomic E-state index is 4.34. The zero-order valence-electron chi connectivity index (χ0n) is 7.94. The van der Waals surface area contributed by atoms with Gasteiger partial charge in [-0.2, -0.15) is 5.10 Å². The van der Waals surface area contributed by atoms with Crippen molar-refractivity contribution in [3.05, 3.63) is 52.3 Å². The first-order chi connectivity index (χ1) is 6.75. The van der Waals surface area contributed by atoms with Crippen LogP contribution in [0, 0.1) is 6.92 Å². The summed E-state index contributed by atoms with van der Waals surface area (Å²) < 4.78 is 2.88. The van der Waals surface area contributed by atoms with E-state index in [0.717, 1.165) is 11.1 Å². The largest absolute Gasteiger partial charge is 0.264 e. The highest BCUT2D eigenvalue weighted by Gasteiger charge is 2.01. The molecule has 1 aromatic heterocycles. The average molecular weight is 251 g/mol. The van der Waals surface area contributed by atoms with Crippen LogP contribution in [0.15, 0.2) is 41.0 Å². The molecular weight excluding hydrogens is 240 g/mol. The fourth-order valence-corrected chi connectivity index (χ4v) is 1.91. The first-order valence-corrected chi connectivity index (χ1v) is 5.29. The van der Waals surface area contributed by atoms with Crippen LogP contribution < -0.4 is 0 Å². The predicted molar refractivity (Wildman–Crippen MR) is 60.2 cm³/mol. The number of halogens is 1. The quantitative estimate of drug-likeness (QED) is 0.802. The SMILES string of the molecule is Cc1cc(Br)nn1Cc1ccccc1. The lowest BCUT2D eigenvalue weighted by Crippen LogP contribution is -2.03. The molecule has 0 atom stereocenters. The van der Waals surface area contributed by atoms with Crippen LogP contribution in [0.1, 0.15) is 11.3 Å². The van der Waals surface area contributed by atoms with E-state index in [2.05, 4.69) is 40.1 Å². The molecule has 0 unspecified atom stereocenters. The van der Waals surface area contributed by atoms with E-state index < -0.39 is 0 Å². The summed E-state index contributed by atoms with van der Waals surface area (Å²) in [4.78, 5) is 0. The minimum Gasteiger partial charge on any atom is -0.264 e. The molecule has 0 spiro atoms. The molecule has 0 aliphatic heterocycles. The van der Waals surface area contributed by atoms with E-state index in [1.807, 2.05) is 28.9 Å². The first-order valence-electron chi connectivity index (χ1n) is 4.49. The van der Waals surface area contributed by atoms with E-state index in [9.17, 15) is 0 Å². The molecule has 1 heterocycles. The Bertz CT molecular complexity index is 420. The highest BCUT2D eigenvalue weighted by Crippen LogP contribution is 2.11. The number of hydrogen-bond acceptors (Lipinski definition) is 1. The Labute approximate surface area is 91.7 Å². The van der Waals surface area contributed by atoms with Crippen LogP contribution in [-0.2, 0) is 6.54 Å². The van der Waals surface area contributed by atoms with Gasteiger partial charge in [-0.15, -0.1) is 0 Å². The molecule has 0 aliphatic carbocycles. The molecule has 0 N–H and O–H groups in total. The summed E-state index contributed by atoms with van der Waals surface area (Å²) in [6, 6.07) is 12.3. The van der Waals surface area contributed by atoms with Gasteiger partial charge < -0.3 is 0 Å². The van der Waals surface area contributed by atoms with Crippen LogP contribution in [0.5, 0.6) is 0 Å². The molecule has 3 heteroatoms. The van der Waals surface area contributed by atoms with Crippen molar-refractivity contribution in [1.29, 1.82) is 0 Å². The van der Waals surface area contributed by atoms with Crippen molar-refractivity contribution >= 4 is 15.9 Å². The van der Waals surface area contributed by atoms with Crippen molar-refractivity contribution in [2.75, 3.05) is 0 Å². The van der Waals surface area contributed by atoms with Gasteiger partial charge in [-0.1, -0.05) is 30.3 Å². The van der Waals surface area contributed by atoms with Crippen LogP contribution >= 0.6 is 15.9 Å². The number of aromatic nitrogens is 2. The Morgan fingerprint density at radius 2 is 2.00 bits per heavy atom. The Morgan fingerprint density at radius 3 is 2.57 bits per heavy atom. The molecular formula is C11H11BrN2. The number of hydrogen-bond donors (Lipinski definition) is 0. The van der Waals surface area contributed by atoms with Gasteiger partial charge in [-0.3, -0.25) is 4.68 Å². The van der Waals surface area contributed by atoms with Gasteiger partial charge in [0.05, 0.1) is 6.54 Å². The second kappa shape index (κ2) is 3.96. The standard InChI is InChI=1S/C11H11BrN2/c1-9-7-11(12)13-14(9)8-10-5-3-2-4-6-10/h2-7H,8H2,1H3. The van der Waals surface area contributed by atoms with Gasteiger partial charge in [-0.25, -0.2) is 0 Å². The van der Waals surface area contributed by atoms with Gasteiger partial charge >= 0.3 is 0 Å². The van der Waals surface area contributed by atoms with Crippen molar-refractivity contribution in [3.8, 4) is 0 Å². The smallest absolute Gasteiger partial charge is 0.128 e. The average Bonchev–Trinajstić information content (AvgIpc) is 2.47. The van der Waals surface area contributed by atoms with E-state index >= 15 is 0 Å². The van der Waals surface area contributed by atoms with Crippen LogP contribution in [0.3, 0.4) is 0 Å². The molecule has 14 heavy (non-hydrogen) atoms. The molecule has 0 saturated carbocycles. The number of rotatable bonds is 2. The highest BCUT2D eigenvalue weighted by atomic mass is 79.9. The van der Waals surface area contributed by atoms with E-state index in [4.69, 9.17) is 0 Å². The van der Waals surface area contributed by atoms with Gasteiger partial charge in [0.2, 0.25) is 0 Å². The maximum atomic E-state index is 4.34. The van der Waals surface area contributed by atoms with E-state index in [1.54, 1.807) is 0 Å². The molecule has 0 radical (unpaired) electrons. The molecule has 2 nitrogen and oxygen atoms in total. The molecule has 1 aromatic carbocycles. The number of benzene rings is 1. The third-order valence-corrected chi connectivity index (χ3v) is 2.51. The normalized spacial score (nSPS) is 10.4. The molecule has 0 aliphatic rings. The molecule has 2 rings (SSSR count). The third kappa shape index (κ3) is 2.04. The minimum absolute atomic E-state index is 0.832. The summed E-state index contributed by atoms with van der Waals surface area (Å²) in [5.41, 5.74) is 2.44.